The molecule has 3 aliphatic heterocycles. The Hall–Kier alpha value is -2.94. The molecule has 0 bridgehead atoms. The number of hydrogen-bond acceptors (Lipinski definition) is 7. The van der Waals surface area contributed by atoms with Gasteiger partial charge in [0.25, 0.3) is 5.56 Å². The van der Waals surface area contributed by atoms with Gasteiger partial charge in [0.05, 0.1) is 17.9 Å². The van der Waals surface area contributed by atoms with E-state index in [-0.39, 0.29) is 17.8 Å². The number of benzene rings is 1. The van der Waals surface area contributed by atoms with Crippen LogP contribution >= 0.6 is 0 Å². The predicted octanol–water partition coefficient (Wildman–Crippen LogP) is 2.38. The monoisotopic (exact) mass is 502 g/mol. The third-order valence-electron chi connectivity index (χ3n) is 8.29. The van der Waals surface area contributed by atoms with Crippen molar-refractivity contribution in [2.75, 3.05) is 75.8 Å². The summed E-state index contributed by atoms with van der Waals surface area (Å²) < 4.78 is 7.97. The van der Waals surface area contributed by atoms with E-state index in [1.54, 1.807) is 23.9 Å². The van der Waals surface area contributed by atoms with Crippen molar-refractivity contribution >= 4 is 22.4 Å². The van der Waals surface area contributed by atoms with Crippen LogP contribution in [0.5, 0.6) is 0 Å². The van der Waals surface area contributed by atoms with Gasteiger partial charge in [0.1, 0.15) is 5.65 Å². The molecule has 8 heteroatoms. The molecule has 1 aromatic carbocycles. The number of morpholine rings is 1. The summed E-state index contributed by atoms with van der Waals surface area (Å²) >= 11 is 0. The third-order valence-corrected chi connectivity index (χ3v) is 8.29. The number of aryl methyl sites for hydroxylation is 1. The Morgan fingerprint density at radius 3 is 2.46 bits per heavy atom. The van der Waals surface area contributed by atoms with E-state index in [4.69, 9.17) is 4.74 Å². The van der Waals surface area contributed by atoms with Crippen molar-refractivity contribution < 1.29 is 4.74 Å². The smallest absolute Gasteiger partial charge is 0.253 e. The molecule has 2 aromatic heterocycles. The van der Waals surface area contributed by atoms with E-state index in [0.717, 1.165) is 75.6 Å². The fourth-order valence-corrected chi connectivity index (χ4v) is 6.10. The largest absolute Gasteiger partial charge is 0.370 e. The first-order valence-electron chi connectivity index (χ1n) is 13.6. The molecule has 0 amide bonds. The molecular weight excluding hydrogens is 464 g/mol. The lowest BCUT2D eigenvalue weighted by atomic mass is 9.91. The Balaban J connectivity index is 1.08. The molecule has 6 rings (SSSR count). The SMILES string of the molecule is C[C@@H]1CN(c2cc(=O)n(C)c3ncccc23)C[C@H](CN2CC(c3ccc(N4CCN(C)CC4)cc3)C2)O1. The van der Waals surface area contributed by atoms with Crippen LogP contribution in [0.1, 0.15) is 18.4 Å². The third kappa shape index (κ3) is 4.98. The molecule has 3 aromatic rings. The lowest BCUT2D eigenvalue weighted by molar-refractivity contribution is -0.0434. The maximum Gasteiger partial charge on any atom is 0.253 e. The van der Waals surface area contributed by atoms with Gasteiger partial charge in [-0.25, -0.2) is 4.98 Å². The molecule has 8 nitrogen and oxygen atoms in total. The molecule has 0 N–H and O–H groups in total. The molecule has 2 atom stereocenters. The maximum absolute atomic E-state index is 12.6. The highest BCUT2D eigenvalue weighted by atomic mass is 16.5. The summed E-state index contributed by atoms with van der Waals surface area (Å²) in [5, 5.41) is 1.02. The first-order chi connectivity index (χ1) is 17.9. The molecule has 3 saturated heterocycles. The molecule has 196 valence electrons. The molecule has 0 spiro atoms. The molecule has 37 heavy (non-hydrogen) atoms. The van der Waals surface area contributed by atoms with Crippen LogP contribution in [0.2, 0.25) is 0 Å². The summed E-state index contributed by atoms with van der Waals surface area (Å²) in [6, 6.07) is 15.0. The number of likely N-dealkylation sites (tertiary alicyclic amines) is 1. The number of likely N-dealkylation sites (N-methyl/N-ethyl adjacent to an activating group) is 1. The van der Waals surface area contributed by atoms with Crippen LogP contribution in [0, 0.1) is 0 Å². The van der Waals surface area contributed by atoms with E-state index in [1.807, 2.05) is 6.07 Å². The Bertz CT molecular complexity index is 1290. The van der Waals surface area contributed by atoms with Crippen LogP contribution < -0.4 is 15.4 Å². The van der Waals surface area contributed by atoms with E-state index in [2.05, 4.69) is 68.9 Å². The quantitative estimate of drug-likeness (QED) is 0.531. The second-order valence-corrected chi connectivity index (χ2v) is 11.1. The van der Waals surface area contributed by atoms with Crippen molar-refractivity contribution in [3.8, 4) is 0 Å². The van der Waals surface area contributed by atoms with Crippen LogP contribution in [-0.4, -0.2) is 97.5 Å². The Morgan fingerprint density at radius 1 is 0.946 bits per heavy atom. The summed E-state index contributed by atoms with van der Waals surface area (Å²) in [6.45, 7) is 11.2. The molecule has 0 saturated carbocycles. The topological polar surface area (TPSA) is 57.1 Å². The molecule has 0 radical (unpaired) electrons. The highest BCUT2D eigenvalue weighted by molar-refractivity contribution is 5.89. The first kappa shape index (κ1) is 24.4. The minimum absolute atomic E-state index is 0.0267. The number of nitrogens with zero attached hydrogens (tertiary/aromatic N) is 6. The van der Waals surface area contributed by atoms with Crippen molar-refractivity contribution in [3.05, 3.63) is 64.6 Å². The number of rotatable bonds is 5. The van der Waals surface area contributed by atoms with Crippen molar-refractivity contribution in [2.24, 2.45) is 7.05 Å². The van der Waals surface area contributed by atoms with Gasteiger partial charge in [-0.15, -0.1) is 0 Å². The minimum Gasteiger partial charge on any atom is -0.370 e. The van der Waals surface area contributed by atoms with Gasteiger partial charge >= 0.3 is 0 Å². The summed E-state index contributed by atoms with van der Waals surface area (Å²) in [6.07, 6.45) is 1.96. The van der Waals surface area contributed by atoms with E-state index < -0.39 is 0 Å². The van der Waals surface area contributed by atoms with Crippen LogP contribution in [0.4, 0.5) is 11.4 Å². The van der Waals surface area contributed by atoms with Gasteiger partial charge in [0.15, 0.2) is 0 Å². The molecule has 0 aliphatic carbocycles. The molecule has 5 heterocycles. The van der Waals surface area contributed by atoms with Crippen LogP contribution in [0.25, 0.3) is 11.0 Å². The number of pyridine rings is 2. The zero-order valence-electron chi connectivity index (χ0n) is 22.2. The molecule has 3 aliphatic rings. The fourth-order valence-electron chi connectivity index (χ4n) is 6.10. The average molecular weight is 503 g/mol. The van der Waals surface area contributed by atoms with E-state index >= 15 is 0 Å². The predicted molar refractivity (Wildman–Crippen MR) is 149 cm³/mol. The standard InChI is InChI=1S/C29H38N6O2/c1-21-16-35(27-15-28(36)32(3)29-26(27)5-4-10-30-29)20-25(37-21)19-33-17-23(18-33)22-6-8-24(9-7-22)34-13-11-31(2)12-14-34/h4-10,15,21,23,25H,11-14,16-20H2,1-3H3/t21-,25+/m1/s1. The number of ether oxygens (including phenoxy) is 1. The first-order valence-corrected chi connectivity index (χ1v) is 13.6. The van der Waals surface area contributed by atoms with Gasteiger partial charge in [-0.2, -0.15) is 0 Å². The van der Waals surface area contributed by atoms with Gasteiger partial charge in [0, 0.05) is 95.2 Å². The Morgan fingerprint density at radius 2 is 1.70 bits per heavy atom. The number of anilines is 2. The van der Waals surface area contributed by atoms with Crippen molar-refractivity contribution in [1.82, 2.24) is 19.4 Å². The Labute approximate surface area is 219 Å². The normalized spacial score (nSPS) is 24.0. The van der Waals surface area contributed by atoms with Crippen LogP contribution in [0.3, 0.4) is 0 Å². The second-order valence-electron chi connectivity index (χ2n) is 11.1. The van der Waals surface area contributed by atoms with Gasteiger partial charge in [-0.3, -0.25) is 14.3 Å². The summed E-state index contributed by atoms with van der Waals surface area (Å²) in [7, 11) is 3.98. The van der Waals surface area contributed by atoms with Gasteiger partial charge < -0.3 is 19.4 Å². The van der Waals surface area contributed by atoms with Gasteiger partial charge in [-0.05, 0) is 43.8 Å². The van der Waals surface area contributed by atoms with E-state index in [9.17, 15) is 4.79 Å². The highest BCUT2D eigenvalue weighted by Gasteiger charge is 2.34. The van der Waals surface area contributed by atoms with Crippen molar-refractivity contribution in [1.29, 1.82) is 0 Å². The number of aromatic nitrogens is 2. The summed E-state index contributed by atoms with van der Waals surface area (Å²) in [4.78, 5) is 26.8. The van der Waals surface area contributed by atoms with Gasteiger partial charge in [0.2, 0.25) is 0 Å². The van der Waals surface area contributed by atoms with Gasteiger partial charge in [-0.1, -0.05) is 12.1 Å². The zero-order valence-corrected chi connectivity index (χ0v) is 22.2. The fraction of sp³-hybridized carbons (Fsp3) is 0.517. The van der Waals surface area contributed by atoms with Crippen molar-refractivity contribution in [2.45, 2.75) is 25.0 Å². The van der Waals surface area contributed by atoms with E-state index in [1.165, 1.54) is 11.3 Å². The van der Waals surface area contributed by atoms with E-state index in [0.29, 0.717) is 5.92 Å². The summed E-state index contributed by atoms with van der Waals surface area (Å²) in [5.41, 5.74) is 4.45. The number of fused-ring (bicyclic) bond motifs is 1. The number of hydrogen-bond donors (Lipinski definition) is 0. The van der Waals surface area contributed by atoms with Crippen LogP contribution in [-0.2, 0) is 11.8 Å². The Kier molecular flexibility index (Phi) is 6.65. The molecule has 3 fully saturated rings. The number of piperazine rings is 1. The van der Waals surface area contributed by atoms with Crippen molar-refractivity contribution in [3.63, 3.8) is 0 Å². The average Bonchev–Trinajstić information content (AvgIpc) is 2.88. The second kappa shape index (κ2) is 10.1. The zero-order chi connectivity index (χ0) is 25.5. The highest BCUT2D eigenvalue weighted by Crippen LogP contribution is 2.31. The summed E-state index contributed by atoms with van der Waals surface area (Å²) in [5.74, 6) is 0.589. The minimum atomic E-state index is -0.0267. The van der Waals surface area contributed by atoms with Crippen LogP contribution in [0.15, 0.2) is 53.5 Å². The maximum atomic E-state index is 12.6. The lowest BCUT2D eigenvalue weighted by Gasteiger charge is -2.45. The lowest BCUT2D eigenvalue weighted by Crippen LogP contribution is -2.55. The molecular formula is C29H38N6O2. The molecule has 0 unspecified atom stereocenters.